The van der Waals surface area contributed by atoms with Gasteiger partial charge in [0, 0.05) is 12.1 Å². The lowest BCUT2D eigenvalue weighted by molar-refractivity contribution is 0.135. The van der Waals surface area contributed by atoms with Crippen LogP contribution in [0.5, 0.6) is 0 Å². The van der Waals surface area contributed by atoms with Crippen LogP contribution >= 0.6 is 0 Å². The van der Waals surface area contributed by atoms with Crippen molar-refractivity contribution in [3.05, 3.63) is 0 Å². The summed E-state index contributed by atoms with van der Waals surface area (Å²) >= 11 is 0. The van der Waals surface area contributed by atoms with E-state index in [0.29, 0.717) is 6.61 Å². The Balaban J connectivity index is 3.25. The summed E-state index contributed by atoms with van der Waals surface area (Å²) in [5.74, 6) is 0. The molecule has 1 amide bonds. The second-order valence-corrected chi connectivity index (χ2v) is 5.36. The quantitative estimate of drug-likeness (QED) is 0.646. The van der Waals surface area contributed by atoms with E-state index in [1.54, 1.807) is 0 Å². The molecule has 0 aromatic carbocycles. The largest absolute Gasteiger partial charge is 0.450 e. The maximum Gasteiger partial charge on any atom is 0.407 e. The van der Waals surface area contributed by atoms with Crippen molar-refractivity contribution in [1.29, 1.82) is 0 Å². The van der Waals surface area contributed by atoms with Gasteiger partial charge in [-0.25, -0.2) is 4.79 Å². The van der Waals surface area contributed by atoms with Gasteiger partial charge in [-0.05, 0) is 33.6 Å². The van der Waals surface area contributed by atoms with E-state index in [-0.39, 0.29) is 18.2 Å². The molecule has 0 atom stereocenters. The summed E-state index contributed by atoms with van der Waals surface area (Å²) in [5.41, 5.74) is -0.235. The van der Waals surface area contributed by atoms with Crippen molar-refractivity contribution < 1.29 is 14.6 Å². The summed E-state index contributed by atoms with van der Waals surface area (Å²) < 4.78 is 5.06. The first kappa shape index (κ1) is 16.2. The molecule has 0 spiro atoms. The van der Waals surface area contributed by atoms with Crippen molar-refractivity contribution in [3.63, 3.8) is 0 Å². The first-order chi connectivity index (χ1) is 7.95. The molecule has 0 saturated heterocycles. The van der Waals surface area contributed by atoms with Gasteiger partial charge in [-0.1, -0.05) is 25.7 Å². The Morgan fingerprint density at radius 1 is 1.06 bits per heavy atom. The summed E-state index contributed by atoms with van der Waals surface area (Å²) in [6, 6.07) is 0. The average Bonchev–Trinajstić information content (AvgIpc) is 2.19. The van der Waals surface area contributed by atoms with Crippen molar-refractivity contribution in [3.8, 4) is 0 Å². The molecule has 0 radical (unpaired) electrons. The molecule has 0 aliphatic carbocycles. The normalized spacial score (nSPS) is 11.3. The summed E-state index contributed by atoms with van der Waals surface area (Å²) in [7, 11) is 0. The van der Waals surface area contributed by atoms with E-state index in [1.807, 2.05) is 20.8 Å². The third-order valence-corrected chi connectivity index (χ3v) is 2.26. The van der Waals surface area contributed by atoms with E-state index in [1.165, 1.54) is 0 Å². The Labute approximate surface area is 105 Å². The summed E-state index contributed by atoms with van der Waals surface area (Å²) in [5, 5.41) is 11.3. The highest BCUT2D eigenvalue weighted by molar-refractivity contribution is 5.67. The van der Waals surface area contributed by atoms with E-state index in [0.717, 1.165) is 38.5 Å². The fraction of sp³-hybridized carbons (Fsp3) is 0.923. The molecule has 0 aliphatic rings. The molecule has 0 rings (SSSR count). The van der Waals surface area contributed by atoms with E-state index in [9.17, 15) is 4.79 Å². The van der Waals surface area contributed by atoms with E-state index < -0.39 is 0 Å². The number of carbonyl (C=O) groups is 1. The van der Waals surface area contributed by atoms with Crippen LogP contribution < -0.4 is 5.32 Å². The van der Waals surface area contributed by atoms with Crippen LogP contribution in [0.15, 0.2) is 0 Å². The zero-order valence-corrected chi connectivity index (χ0v) is 11.4. The maximum atomic E-state index is 11.3. The lowest BCUT2D eigenvalue weighted by Gasteiger charge is -2.19. The maximum absolute atomic E-state index is 11.3. The predicted octanol–water partition coefficient (Wildman–Crippen LogP) is 2.84. The van der Waals surface area contributed by atoms with Crippen LogP contribution in [0, 0.1) is 0 Å². The van der Waals surface area contributed by atoms with Gasteiger partial charge in [0.15, 0.2) is 0 Å². The summed E-state index contributed by atoms with van der Waals surface area (Å²) in [6.45, 7) is 6.55. The molecule has 17 heavy (non-hydrogen) atoms. The molecular formula is C13H27NO3. The number of unbranched alkanes of at least 4 members (excludes halogenated alkanes) is 5. The summed E-state index contributed by atoms with van der Waals surface area (Å²) in [6.07, 6.45) is 5.92. The van der Waals surface area contributed by atoms with Crippen molar-refractivity contribution in [2.45, 2.75) is 64.8 Å². The Morgan fingerprint density at radius 3 is 2.12 bits per heavy atom. The van der Waals surface area contributed by atoms with Crippen molar-refractivity contribution in [1.82, 2.24) is 5.32 Å². The van der Waals surface area contributed by atoms with Crippen LogP contribution in [0.3, 0.4) is 0 Å². The number of hydrogen-bond donors (Lipinski definition) is 2. The molecule has 0 aromatic rings. The molecule has 4 nitrogen and oxygen atoms in total. The lowest BCUT2D eigenvalue weighted by atomic mass is 10.1. The molecule has 0 unspecified atom stereocenters. The number of aliphatic hydroxyl groups excluding tert-OH is 1. The minimum Gasteiger partial charge on any atom is -0.450 e. The zero-order chi connectivity index (χ0) is 13.1. The van der Waals surface area contributed by atoms with E-state index in [2.05, 4.69) is 5.32 Å². The molecule has 102 valence electrons. The van der Waals surface area contributed by atoms with Gasteiger partial charge in [-0.2, -0.15) is 0 Å². The van der Waals surface area contributed by atoms with Gasteiger partial charge in [0.1, 0.15) is 0 Å². The number of rotatable bonds is 8. The highest BCUT2D eigenvalue weighted by Gasteiger charge is 2.13. The summed E-state index contributed by atoms with van der Waals surface area (Å²) in [4.78, 5) is 11.3. The molecule has 0 fully saturated rings. The van der Waals surface area contributed by atoms with Crippen LogP contribution in [0.1, 0.15) is 59.3 Å². The van der Waals surface area contributed by atoms with Gasteiger partial charge in [-0.3, -0.25) is 0 Å². The van der Waals surface area contributed by atoms with Gasteiger partial charge >= 0.3 is 6.09 Å². The third-order valence-electron chi connectivity index (χ3n) is 2.26. The number of hydrogen-bond acceptors (Lipinski definition) is 3. The fourth-order valence-corrected chi connectivity index (χ4v) is 1.43. The van der Waals surface area contributed by atoms with Crippen LogP contribution in [0.2, 0.25) is 0 Å². The highest BCUT2D eigenvalue weighted by atomic mass is 16.5. The highest BCUT2D eigenvalue weighted by Crippen LogP contribution is 2.05. The number of ether oxygens (including phenoxy) is 1. The molecule has 0 bridgehead atoms. The Hall–Kier alpha value is -0.770. The van der Waals surface area contributed by atoms with Crippen LogP contribution in [-0.2, 0) is 4.74 Å². The van der Waals surface area contributed by atoms with Crippen LogP contribution in [0.4, 0.5) is 4.79 Å². The number of aliphatic hydroxyl groups is 1. The molecule has 4 heteroatoms. The van der Waals surface area contributed by atoms with Crippen molar-refractivity contribution in [2.75, 3.05) is 13.2 Å². The average molecular weight is 245 g/mol. The monoisotopic (exact) mass is 245 g/mol. The SMILES string of the molecule is CC(C)(C)NC(=O)OCCCCCCCCO. The minimum atomic E-state index is -0.335. The minimum absolute atomic E-state index is 0.235. The first-order valence-corrected chi connectivity index (χ1v) is 6.51. The fourth-order valence-electron chi connectivity index (χ4n) is 1.43. The second kappa shape index (κ2) is 9.28. The van der Waals surface area contributed by atoms with Gasteiger partial charge in [0.25, 0.3) is 0 Å². The standard InChI is InChI=1S/C13H27NO3/c1-13(2,3)14-12(16)17-11-9-7-5-4-6-8-10-15/h15H,4-11H2,1-3H3,(H,14,16). The molecular weight excluding hydrogens is 218 g/mol. The van der Waals surface area contributed by atoms with Gasteiger partial charge in [0.05, 0.1) is 6.61 Å². The van der Waals surface area contributed by atoms with Crippen molar-refractivity contribution in [2.24, 2.45) is 0 Å². The number of nitrogens with one attached hydrogen (secondary N) is 1. The zero-order valence-electron chi connectivity index (χ0n) is 11.4. The van der Waals surface area contributed by atoms with Crippen molar-refractivity contribution >= 4 is 6.09 Å². The second-order valence-electron chi connectivity index (χ2n) is 5.36. The van der Waals surface area contributed by atoms with Gasteiger partial charge in [0.2, 0.25) is 0 Å². The molecule has 2 N–H and O–H groups in total. The Bertz CT molecular complexity index is 199. The third kappa shape index (κ3) is 13.2. The topological polar surface area (TPSA) is 58.6 Å². The van der Waals surface area contributed by atoms with Crippen LogP contribution in [0.25, 0.3) is 0 Å². The van der Waals surface area contributed by atoms with Gasteiger partial charge < -0.3 is 15.2 Å². The molecule has 0 heterocycles. The lowest BCUT2D eigenvalue weighted by Crippen LogP contribution is -2.41. The number of alkyl carbamates (subject to hydrolysis) is 1. The predicted molar refractivity (Wildman–Crippen MR) is 69.0 cm³/mol. The smallest absolute Gasteiger partial charge is 0.407 e. The molecule has 0 saturated carbocycles. The number of amides is 1. The van der Waals surface area contributed by atoms with Gasteiger partial charge in [-0.15, -0.1) is 0 Å². The Morgan fingerprint density at radius 2 is 1.59 bits per heavy atom. The molecule has 0 aromatic heterocycles. The van der Waals surface area contributed by atoms with E-state index in [4.69, 9.17) is 9.84 Å². The van der Waals surface area contributed by atoms with Crippen LogP contribution in [-0.4, -0.2) is 30.0 Å². The first-order valence-electron chi connectivity index (χ1n) is 6.51. The van der Waals surface area contributed by atoms with E-state index >= 15 is 0 Å². The Kier molecular flexibility index (Phi) is 8.86. The number of carbonyl (C=O) groups excluding carboxylic acids is 1. The molecule has 0 aliphatic heterocycles.